The maximum Gasteiger partial charge on any atom is 0.0537 e. The molecule has 3 nitrogen and oxygen atoms in total. The van der Waals surface area contributed by atoms with Crippen LogP contribution in [-0.4, -0.2) is 9.78 Å². The first-order chi connectivity index (χ1) is 4.74. The van der Waals surface area contributed by atoms with E-state index in [4.69, 9.17) is 5.73 Å². The molecule has 0 bridgehead atoms. The molecule has 1 heterocycles. The van der Waals surface area contributed by atoms with Crippen LogP contribution in [0.15, 0.2) is 12.4 Å². The third kappa shape index (κ3) is 3.43. The molecule has 2 N–H and O–H groups in total. The molecule has 1 aromatic rings. The van der Waals surface area contributed by atoms with E-state index >= 15 is 0 Å². The van der Waals surface area contributed by atoms with Crippen LogP contribution in [0.1, 0.15) is 24.9 Å². The Hall–Kier alpha value is -0.250. The van der Waals surface area contributed by atoms with Crippen LogP contribution < -0.4 is 5.73 Å². The highest BCUT2D eigenvalue weighted by molar-refractivity contribution is 5.85. The van der Waals surface area contributed by atoms with Gasteiger partial charge >= 0.3 is 0 Å². The van der Waals surface area contributed by atoms with Crippen molar-refractivity contribution < 1.29 is 0 Å². The number of aryl methyl sites for hydroxylation is 1. The first kappa shape index (κ1) is 14.3. The third-order valence-corrected chi connectivity index (χ3v) is 1.59. The van der Waals surface area contributed by atoms with Crippen LogP contribution in [0.25, 0.3) is 0 Å². The standard InChI is InChI=1S/C7H13N3.2ClH/c1-3-7(8)6-4-9-10(2)5-6;;/h4-5,7H,3,8H2,1-2H3;2*1H/t7-;;/m0../s1. The monoisotopic (exact) mass is 211 g/mol. The summed E-state index contributed by atoms with van der Waals surface area (Å²) in [5, 5.41) is 4.02. The van der Waals surface area contributed by atoms with E-state index in [1.807, 2.05) is 19.4 Å². The lowest BCUT2D eigenvalue weighted by Crippen LogP contribution is -2.07. The molecular formula is C7H15Cl2N3. The second kappa shape index (κ2) is 6.29. The van der Waals surface area contributed by atoms with E-state index in [1.54, 1.807) is 4.68 Å². The number of halogens is 2. The van der Waals surface area contributed by atoms with Gasteiger partial charge in [-0.05, 0) is 6.42 Å². The van der Waals surface area contributed by atoms with E-state index in [0.717, 1.165) is 12.0 Å². The molecule has 0 aliphatic rings. The highest BCUT2D eigenvalue weighted by atomic mass is 35.5. The number of rotatable bonds is 2. The minimum absolute atomic E-state index is 0. The van der Waals surface area contributed by atoms with Crippen LogP contribution in [0.5, 0.6) is 0 Å². The van der Waals surface area contributed by atoms with Crippen molar-refractivity contribution in [1.29, 1.82) is 0 Å². The largest absolute Gasteiger partial charge is 0.324 e. The molecule has 5 heteroatoms. The molecule has 1 atom stereocenters. The smallest absolute Gasteiger partial charge is 0.0537 e. The summed E-state index contributed by atoms with van der Waals surface area (Å²) in [4.78, 5) is 0. The van der Waals surface area contributed by atoms with Gasteiger partial charge in [0.1, 0.15) is 0 Å². The fourth-order valence-electron chi connectivity index (χ4n) is 0.867. The Morgan fingerprint density at radius 1 is 1.58 bits per heavy atom. The van der Waals surface area contributed by atoms with Crippen molar-refractivity contribution in [2.45, 2.75) is 19.4 Å². The van der Waals surface area contributed by atoms with Crippen LogP contribution in [-0.2, 0) is 7.05 Å². The number of hydrogen-bond acceptors (Lipinski definition) is 2. The van der Waals surface area contributed by atoms with Gasteiger partial charge in [-0.15, -0.1) is 24.8 Å². The van der Waals surface area contributed by atoms with E-state index in [0.29, 0.717) is 0 Å². The molecule has 0 aromatic carbocycles. The van der Waals surface area contributed by atoms with Crippen LogP contribution >= 0.6 is 24.8 Å². The average molecular weight is 212 g/mol. The van der Waals surface area contributed by atoms with Crippen molar-refractivity contribution in [1.82, 2.24) is 9.78 Å². The van der Waals surface area contributed by atoms with E-state index < -0.39 is 0 Å². The van der Waals surface area contributed by atoms with Crippen molar-refractivity contribution in [3.63, 3.8) is 0 Å². The minimum Gasteiger partial charge on any atom is -0.324 e. The Morgan fingerprint density at radius 2 is 2.17 bits per heavy atom. The van der Waals surface area contributed by atoms with E-state index in [1.165, 1.54) is 0 Å². The average Bonchev–Trinajstić information content (AvgIpc) is 2.34. The maximum absolute atomic E-state index is 5.75. The van der Waals surface area contributed by atoms with Gasteiger partial charge in [0.05, 0.1) is 6.20 Å². The summed E-state index contributed by atoms with van der Waals surface area (Å²) < 4.78 is 1.77. The third-order valence-electron chi connectivity index (χ3n) is 1.59. The second-order valence-corrected chi connectivity index (χ2v) is 2.46. The summed E-state index contributed by atoms with van der Waals surface area (Å²) in [5.74, 6) is 0. The van der Waals surface area contributed by atoms with Gasteiger partial charge in [-0.1, -0.05) is 6.92 Å². The Balaban J connectivity index is 0. The molecule has 0 amide bonds. The number of hydrogen-bond donors (Lipinski definition) is 1. The fraction of sp³-hybridized carbons (Fsp3) is 0.571. The summed E-state index contributed by atoms with van der Waals surface area (Å²) in [5.41, 5.74) is 6.87. The minimum atomic E-state index is 0. The van der Waals surface area contributed by atoms with Crippen molar-refractivity contribution in [3.8, 4) is 0 Å². The Labute approximate surface area is 85.1 Å². The van der Waals surface area contributed by atoms with Crippen LogP contribution in [0.2, 0.25) is 0 Å². The van der Waals surface area contributed by atoms with Gasteiger partial charge in [-0.25, -0.2) is 0 Å². The highest BCUT2D eigenvalue weighted by Gasteiger charge is 2.03. The molecule has 1 rings (SSSR count). The van der Waals surface area contributed by atoms with Gasteiger partial charge in [0, 0.05) is 24.8 Å². The predicted octanol–water partition coefficient (Wildman–Crippen LogP) is 1.67. The Morgan fingerprint density at radius 3 is 2.50 bits per heavy atom. The van der Waals surface area contributed by atoms with Gasteiger partial charge in [0.25, 0.3) is 0 Å². The van der Waals surface area contributed by atoms with Gasteiger partial charge in [0.2, 0.25) is 0 Å². The summed E-state index contributed by atoms with van der Waals surface area (Å²) >= 11 is 0. The topological polar surface area (TPSA) is 43.8 Å². The molecule has 0 aliphatic heterocycles. The Bertz CT molecular complexity index is 212. The molecule has 0 fully saturated rings. The second-order valence-electron chi connectivity index (χ2n) is 2.46. The molecule has 0 radical (unpaired) electrons. The molecule has 0 aliphatic carbocycles. The lowest BCUT2D eigenvalue weighted by Gasteiger charge is -2.02. The molecule has 0 saturated carbocycles. The number of aromatic nitrogens is 2. The van der Waals surface area contributed by atoms with Crippen molar-refractivity contribution >= 4 is 24.8 Å². The van der Waals surface area contributed by atoms with Crippen molar-refractivity contribution in [2.24, 2.45) is 12.8 Å². The number of nitrogens with two attached hydrogens (primary N) is 1. The zero-order chi connectivity index (χ0) is 7.56. The molecule has 0 saturated heterocycles. The predicted molar refractivity (Wildman–Crippen MR) is 54.9 cm³/mol. The SMILES string of the molecule is CC[C@H](N)c1cnn(C)c1.Cl.Cl. The fourth-order valence-corrected chi connectivity index (χ4v) is 0.867. The summed E-state index contributed by atoms with van der Waals surface area (Å²) in [6.07, 6.45) is 4.73. The van der Waals surface area contributed by atoms with Crippen LogP contribution in [0.3, 0.4) is 0 Å². The van der Waals surface area contributed by atoms with Crippen molar-refractivity contribution in [3.05, 3.63) is 18.0 Å². The van der Waals surface area contributed by atoms with Crippen molar-refractivity contribution in [2.75, 3.05) is 0 Å². The van der Waals surface area contributed by atoms with Gasteiger partial charge in [-0.2, -0.15) is 5.10 Å². The normalized spacial score (nSPS) is 11.2. The highest BCUT2D eigenvalue weighted by Crippen LogP contribution is 2.10. The molecular weight excluding hydrogens is 197 g/mol. The lowest BCUT2D eigenvalue weighted by atomic mass is 10.1. The lowest BCUT2D eigenvalue weighted by molar-refractivity contribution is 0.696. The van der Waals surface area contributed by atoms with E-state index in [-0.39, 0.29) is 30.9 Å². The zero-order valence-corrected chi connectivity index (χ0v) is 8.86. The first-order valence-electron chi connectivity index (χ1n) is 3.48. The summed E-state index contributed by atoms with van der Waals surface area (Å²) in [7, 11) is 1.89. The van der Waals surface area contributed by atoms with Gasteiger partial charge in [0.15, 0.2) is 0 Å². The molecule has 72 valence electrons. The first-order valence-corrected chi connectivity index (χ1v) is 3.48. The quantitative estimate of drug-likeness (QED) is 0.810. The molecule has 0 spiro atoms. The molecule has 1 aromatic heterocycles. The van der Waals surface area contributed by atoms with Crippen LogP contribution in [0.4, 0.5) is 0 Å². The van der Waals surface area contributed by atoms with Gasteiger partial charge in [-0.3, -0.25) is 4.68 Å². The maximum atomic E-state index is 5.75. The Kier molecular flexibility index (Phi) is 7.48. The summed E-state index contributed by atoms with van der Waals surface area (Å²) in [6.45, 7) is 2.07. The molecule has 12 heavy (non-hydrogen) atoms. The number of nitrogens with zero attached hydrogens (tertiary/aromatic N) is 2. The zero-order valence-electron chi connectivity index (χ0n) is 7.23. The summed E-state index contributed by atoms with van der Waals surface area (Å²) in [6, 6.07) is 0.147. The molecule has 0 unspecified atom stereocenters. The van der Waals surface area contributed by atoms with E-state index in [2.05, 4.69) is 12.0 Å². The van der Waals surface area contributed by atoms with Crippen LogP contribution in [0, 0.1) is 0 Å². The van der Waals surface area contributed by atoms with Gasteiger partial charge < -0.3 is 5.73 Å². The van der Waals surface area contributed by atoms with E-state index in [9.17, 15) is 0 Å².